The average molecular weight is 399 g/mol. The quantitative estimate of drug-likeness (QED) is 0.471. The van der Waals surface area contributed by atoms with E-state index in [1.807, 2.05) is 78.9 Å². The molecule has 0 saturated heterocycles. The molecule has 0 atom stereocenters. The average Bonchev–Trinajstić information content (AvgIpc) is 2.77. The second kappa shape index (κ2) is 9.98. The molecule has 3 aromatic carbocycles. The van der Waals surface area contributed by atoms with Crippen molar-refractivity contribution in [2.45, 2.75) is 13.5 Å². The zero-order valence-corrected chi connectivity index (χ0v) is 16.5. The summed E-state index contributed by atoms with van der Waals surface area (Å²) in [6.45, 7) is 1.47. The molecule has 4 aromatic rings. The Labute approximate surface area is 174 Å². The first-order valence-corrected chi connectivity index (χ1v) is 9.40. The second-order valence-electron chi connectivity index (χ2n) is 6.52. The Kier molecular flexibility index (Phi) is 6.90. The highest BCUT2D eigenvalue weighted by Crippen LogP contribution is 2.17. The molecule has 0 amide bonds. The molecule has 1 aromatic heterocycles. The number of fused-ring (bicyclic) bond motifs is 1. The molecular formula is C25H21NO4. The summed E-state index contributed by atoms with van der Waals surface area (Å²) in [5.74, 6) is -0.113. The Bertz CT molecular complexity index is 1130. The Morgan fingerprint density at radius 2 is 1.40 bits per heavy atom. The van der Waals surface area contributed by atoms with Crippen LogP contribution in [0.1, 0.15) is 28.5 Å². The van der Waals surface area contributed by atoms with E-state index in [2.05, 4.69) is 4.98 Å². The predicted molar refractivity (Wildman–Crippen MR) is 116 cm³/mol. The molecule has 0 unspecified atom stereocenters. The maximum Gasteiger partial charge on any atom is 0.300 e. The van der Waals surface area contributed by atoms with Gasteiger partial charge in [-0.3, -0.25) is 9.59 Å². The minimum atomic E-state index is -0.833. The fraction of sp³-hybridized carbons (Fsp3) is 0.0800. The van der Waals surface area contributed by atoms with Gasteiger partial charge >= 0.3 is 0 Å². The second-order valence-corrected chi connectivity index (χ2v) is 6.52. The van der Waals surface area contributed by atoms with Crippen LogP contribution >= 0.6 is 0 Å². The van der Waals surface area contributed by atoms with Gasteiger partial charge in [-0.2, -0.15) is 0 Å². The summed E-state index contributed by atoms with van der Waals surface area (Å²) in [4.78, 5) is 26.0. The van der Waals surface area contributed by atoms with Gasteiger partial charge in [0.25, 0.3) is 5.97 Å². The van der Waals surface area contributed by atoms with E-state index >= 15 is 0 Å². The van der Waals surface area contributed by atoms with Crippen molar-refractivity contribution in [3.63, 3.8) is 0 Å². The molecule has 5 nitrogen and oxygen atoms in total. The zero-order chi connectivity index (χ0) is 21.3. The van der Waals surface area contributed by atoms with E-state index in [9.17, 15) is 4.79 Å². The molecular weight excluding hydrogens is 378 g/mol. The first-order valence-electron chi connectivity index (χ1n) is 9.40. The molecule has 30 heavy (non-hydrogen) atoms. The Morgan fingerprint density at radius 1 is 0.800 bits per heavy atom. The highest BCUT2D eigenvalue weighted by molar-refractivity contribution is 6.08. The summed E-state index contributed by atoms with van der Waals surface area (Å²) in [5.41, 5.74) is 3.15. The Hall–Kier alpha value is -3.99. The van der Waals surface area contributed by atoms with Crippen LogP contribution < -0.4 is 4.74 Å². The van der Waals surface area contributed by atoms with Crippen LogP contribution in [0.4, 0.5) is 0 Å². The molecule has 0 aliphatic rings. The lowest BCUT2D eigenvalue weighted by Gasteiger charge is -2.08. The number of aliphatic carboxylic acids is 1. The summed E-state index contributed by atoms with van der Waals surface area (Å²) in [6.07, 6.45) is 0. The van der Waals surface area contributed by atoms with Gasteiger partial charge in [0.05, 0.1) is 11.2 Å². The van der Waals surface area contributed by atoms with E-state index in [0.717, 1.165) is 23.5 Å². The topological polar surface area (TPSA) is 76.5 Å². The number of nitrogens with zero attached hydrogens (tertiary/aromatic N) is 1. The summed E-state index contributed by atoms with van der Waals surface area (Å²) in [6, 6.07) is 28.5. The molecule has 0 radical (unpaired) electrons. The van der Waals surface area contributed by atoms with Gasteiger partial charge in [0.15, 0.2) is 5.78 Å². The van der Waals surface area contributed by atoms with Gasteiger partial charge in [0, 0.05) is 23.4 Å². The van der Waals surface area contributed by atoms with E-state index < -0.39 is 5.97 Å². The van der Waals surface area contributed by atoms with Gasteiger partial charge in [-0.25, -0.2) is 4.98 Å². The summed E-state index contributed by atoms with van der Waals surface area (Å²) in [5, 5.41) is 8.53. The third-order valence-electron chi connectivity index (χ3n) is 4.20. The molecule has 0 saturated carbocycles. The number of hydrogen-bond acceptors (Lipinski definition) is 4. The van der Waals surface area contributed by atoms with Crippen molar-refractivity contribution in [3.8, 4) is 5.75 Å². The molecule has 1 heterocycles. The third kappa shape index (κ3) is 5.75. The molecule has 150 valence electrons. The normalized spacial score (nSPS) is 10.0. The number of carbonyl (C=O) groups is 2. The van der Waals surface area contributed by atoms with Gasteiger partial charge in [0.1, 0.15) is 12.4 Å². The van der Waals surface area contributed by atoms with Gasteiger partial charge in [0.2, 0.25) is 0 Å². The van der Waals surface area contributed by atoms with Crippen molar-refractivity contribution in [3.05, 3.63) is 108 Å². The summed E-state index contributed by atoms with van der Waals surface area (Å²) >= 11 is 0. The number of carboxylic acid groups (broad SMARTS) is 1. The van der Waals surface area contributed by atoms with Crippen molar-refractivity contribution >= 4 is 22.7 Å². The smallest absolute Gasteiger partial charge is 0.300 e. The van der Waals surface area contributed by atoms with Crippen molar-refractivity contribution in [2.75, 3.05) is 0 Å². The zero-order valence-electron chi connectivity index (χ0n) is 16.5. The van der Waals surface area contributed by atoms with Gasteiger partial charge in [-0.1, -0.05) is 54.6 Å². The molecule has 0 spiro atoms. The molecule has 0 fully saturated rings. The maximum atomic E-state index is 12.4. The van der Waals surface area contributed by atoms with Crippen LogP contribution in [-0.4, -0.2) is 21.8 Å². The van der Waals surface area contributed by atoms with E-state index in [-0.39, 0.29) is 5.78 Å². The number of para-hydroxylation sites is 1. The minimum absolute atomic E-state index is 0.00773. The number of aromatic nitrogens is 1. The van der Waals surface area contributed by atoms with Gasteiger partial charge < -0.3 is 9.84 Å². The number of carboxylic acids is 1. The predicted octanol–water partition coefficient (Wildman–Crippen LogP) is 5.14. The number of carbonyl (C=O) groups excluding carboxylic acids is 1. The van der Waals surface area contributed by atoms with E-state index in [1.165, 1.54) is 0 Å². The lowest BCUT2D eigenvalue weighted by molar-refractivity contribution is -0.134. The highest BCUT2D eigenvalue weighted by Gasteiger charge is 2.08. The van der Waals surface area contributed by atoms with Crippen molar-refractivity contribution < 1.29 is 19.4 Å². The van der Waals surface area contributed by atoms with Crippen LogP contribution in [0, 0.1) is 0 Å². The van der Waals surface area contributed by atoms with Crippen molar-refractivity contribution in [2.24, 2.45) is 0 Å². The Balaban J connectivity index is 0.000000589. The largest absolute Gasteiger partial charge is 0.487 e. The monoisotopic (exact) mass is 399 g/mol. The number of rotatable bonds is 5. The minimum Gasteiger partial charge on any atom is -0.487 e. The summed E-state index contributed by atoms with van der Waals surface area (Å²) < 4.78 is 5.81. The van der Waals surface area contributed by atoms with Crippen LogP contribution in [0.2, 0.25) is 0 Å². The van der Waals surface area contributed by atoms with E-state index in [0.29, 0.717) is 23.5 Å². The fourth-order valence-corrected chi connectivity index (χ4v) is 2.80. The van der Waals surface area contributed by atoms with Crippen molar-refractivity contribution in [1.29, 1.82) is 0 Å². The molecule has 0 bridgehead atoms. The molecule has 4 rings (SSSR count). The summed E-state index contributed by atoms with van der Waals surface area (Å²) in [7, 11) is 0. The van der Waals surface area contributed by atoms with E-state index in [1.54, 1.807) is 12.1 Å². The molecule has 5 heteroatoms. The van der Waals surface area contributed by atoms with Crippen LogP contribution in [0.3, 0.4) is 0 Å². The number of ether oxygens (including phenoxy) is 1. The van der Waals surface area contributed by atoms with Crippen LogP contribution in [0.15, 0.2) is 91.0 Å². The SMILES string of the molecule is CC(=O)O.O=C(c1ccccc1)c1ccc(OCc2ccc3ccccc3n2)cc1. The van der Waals surface area contributed by atoms with Crippen LogP contribution in [0.25, 0.3) is 10.9 Å². The number of benzene rings is 3. The van der Waals surface area contributed by atoms with Crippen molar-refractivity contribution in [1.82, 2.24) is 4.98 Å². The maximum absolute atomic E-state index is 12.4. The highest BCUT2D eigenvalue weighted by atomic mass is 16.5. The number of hydrogen-bond donors (Lipinski definition) is 1. The standard InChI is InChI=1S/C23H17NO2.C2H4O2/c25-23(18-7-2-1-3-8-18)19-11-14-21(15-12-19)26-16-20-13-10-17-6-4-5-9-22(17)24-20;1-2(3)4/h1-15H,16H2;1H3,(H,3,4). The lowest BCUT2D eigenvalue weighted by atomic mass is 10.0. The number of ketones is 1. The third-order valence-corrected chi connectivity index (χ3v) is 4.20. The lowest BCUT2D eigenvalue weighted by Crippen LogP contribution is -2.02. The first kappa shape index (κ1) is 20.7. The number of pyridine rings is 1. The first-order chi connectivity index (χ1) is 14.5. The van der Waals surface area contributed by atoms with Gasteiger partial charge in [-0.15, -0.1) is 0 Å². The van der Waals surface area contributed by atoms with Gasteiger partial charge in [-0.05, 0) is 36.4 Å². The molecule has 0 aliphatic heterocycles. The fourth-order valence-electron chi connectivity index (χ4n) is 2.80. The molecule has 0 aliphatic carbocycles. The van der Waals surface area contributed by atoms with E-state index in [4.69, 9.17) is 14.6 Å². The van der Waals surface area contributed by atoms with Crippen LogP contribution in [-0.2, 0) is 11.4 Å². The molecule has 1 N–H and O–H groups in total. The van der Waals surface area contributed by atoms with Crippen LogP contribution in [0.5, 0.6) is 5.75 Å². The Morgan fingerprint density at radius 3 is 2.10 bits per heavy atom.